The van der Waals surface area contributed by atoms with Crippen molar-refractivity contribution in [1.82, 2.24) is 0 Å². The Kier molecular flexibility index (Phi) is 0.945. The van der Waals surface area contributed by atoms with E-state index >= 15 is 0 Å². The summed E-state index contributed by atoms with van der Waals surface area (Å²) in [4.78, 5) is 0. The molecule has 2 saturated carbocycles. The van der Waals surface area contributed by atoms with E-state index in [0.29, 0.717) is 11.5 Å². The monoisotopic (exact) mass is 127 g/mol. The van der Waals surface area contributed by atoms with E-state index in [1.165, 1.54) is 0 Å². The minimum Gasteiger partial charge on any atom is -0.393 e. The molecule has 2 rings (SSSR count). The second kappa shape index (κ2) is 1.50. The van der Waals surface area contributed by atoms with Gasteiger partial charge in [-0.05, 0) is 31.1 Å². The molecule has 2 nitrogen and oxygen atoms in total. The summed E-state index contributed by atoms with van der Waals surface area (Å²) in [6, 6.07) is 0.442. The zero-order chi connectivity index (χ0) is 6.48. The molecule has 0 bridgehead atoms. The van der Waals surface area contributed by atoms with E-state index in [1.807, 2.05) is 0 Å². The Morgan fingerprint density at radius 1 is 1.22 bits per heavy atom. The van der Waals surface area contributed by atoms with Crippen LogP contribution in [-0.2, 0) is 0 Å². The van der Waals surface area contributed by atoms with Crippen molar-refractivity contribution >= 4 is 0 Å². The van der Waals surface area contributed by atoms with Crippen molar-refractivity contribution in [3.05, 3.63) is 0 Å². The number of hydrogen-bond acceptors (Lipinski definition) is 2. The molecule has 52 valence electrons. The van der Waals surface area contributed by atoms with Crippen LogP contribution in [0.5, 0.6) is 0 Å². The number of aliphatic hydroxyl groups excluding tert-OH is 1. The number of rotatable bonds is 0. The molecule has 0 aromatic rings. The van der Waals surface area contributed by atoms with Crippen LogP contribution in [0.25, 0.3) is 0 Å². The lowest BCUT2D eigenvalue weighted by atomic mass is 9.53. The molecule has 0 heterocycles. The van der Waals surface area contributed by atoms with Crippen LogP contribution in [0.15, 0.2) is 0 Å². The van der Waals surface area contributed by atoms with Gasteiger partial charge in [0, 0.05) is 6.04 Å². The average Bonchev–Trinajstić information content (AvgIpc) is 1.58. The van der Waals surface area contributed by atoms with E-state index in [2.05, 4.69) is 0 Å². The lowest BCUT2D eigenvalue weighted by molar-refractivity contribution is -0.0903. The Balaban J connectivity index is 1.87. The molecule has 2 aliphatic rings. The largest absolute Gasteiger partial charge is 0.393 e. The van der Waals surface area contributed by atoms with Crippen LogP contribution in [0.3, 0.4) is 0 Å². The topological polar surface area (TPSA) is 46.2 Å². The van der Waals surface area contributed by atoms with E-state index in [1.54, 1.807) is 0 Å². The molecule has 2 heteroatoms. The highest BCUT2D eigenvalue weighted by atomic mass is 16.3. The Bertz CT molecular complexity index is 103. The van der Waals surface area contributed by atoms with Crippen LogP contribution in [0.2, 0.25) is 0 Å². The van der Waals surface area contributed by atoms with Crippen LogP contribution < -0.4 is 5.73 Å². The molecule has 0 aromatic heterocycles. The number of aliphatic hydroxyl groups is 1. The quantitative estimate of drug-likeness (QED) is 0.490. The van der Waals surface area contributed by atoms with Gasteiger partial charge in [-0.15, -0.1) is 0 Å². The normalized spacial score (nSPS) is 56.7. The minimum absolute atomic E-state index is 0.00231. The van der Waals surface area contributed by atoms with E-state index in [9.17, 15) is 0 Å². The van der Waals surface area contributed by atoms with Gasteiger partial charge in [-0.2, -0.15) is 0 Å². The SMILES string of the molecule is NC1CC2(C1)CC(O)C2. The number of hydrogen-bond donors (Lipinski definition) is 2. The summed E-state index contributed by atoms with van der Waals surface area (Å²) in [5.41, 5.74) is 6.14. The molecular formula is C7H13NO. The van der Waals surface area contributed by atoms with Gasteiger partial charge in [0.2, 0.25) is 0 Å². The van der Waals surface area contributed by atoms with E-state index in [-0.39, 0.29) is 6.10 Å². The molecule has 9 heavy (non-hydrogen) atoms. The molecule has 2 aliphatic carbocycles. The Morgan fingerprint density at radius 2 is 1.78 bits per heavy atom. The molecule has 0 aliphatic heterocycles. The first-order chi connectivity index (χ1) is 4.20. The highest BCUT2D eigenvalue weighted by Crippen LogP contribution is 2.55. The fourth-order valence-corrected chi connectivity index (χ4v) is 2.33. The third kappa shape index (κ3) is 0.700. The molecule has 0 unspecified atom stereocenters. The summed E-state index contributed by atoms with van der Waals surface area (Å²) in [5.74, 6) is 0. The first-order valence-electron chi connectivity index (χ1n) is 3.64. The maximum atomic E-state index is 8.99. The lowest BCUT2D eigenvalue weighted by Gasteiger charge is -2.55. The zero-order valence-electron chi connectivity index (χ0n) is 5.51. The minimum atomic E-state index is -0.00231. The lowest BCUT2D eigenvalue weighted by Crippen LogP contribution is -2.55. The third-order valence-electron chi connectivity index (χ3n) is 2.73. The predicted molar refractivity (Wildman–Crippen MR) is 34.9 cm³/mol. The Hall–Kier alpha value is -0.0800. The second-order valence-electron chi connectivity index (χ2n) is 3.73. The zero-order valence-corrected chi connectivity index (χ0v) is 5.51. The molecule has 3 N–H and O–H groups in total. The fraction of sp³-hybridized carbons (Fsp3) is 1.00. The van der Waals surface area contributed by atoms with Crippen LogP contribution >= 0.6 is 0 Å². The van der Waals surface area contributed by atoms with Gasteiger partial charge in [0.1, 0.15) is 0 Å². The summed E-state index contributed by atoms with van der Waals surface area (Å²) in [7, 11) is 0. The van der Waals surface area contributed by atoms with Gasteiger partial charge in [0.15, 0.2) is 0 Å². The van der Waals surface area contributed by atoms with Crippen molar-refractivity contribution in [3.8, 4) is 0 Å². The van der Waals surface area contributed by atoms with Gasteiger partial charge in [0.05, 0.1) is 6.10 Å². The van der Waals surface area contributed by atoms with Crippen molar-refractivity contribution in [1.29, 1.82) is 0 Å². The molecule has 0 amide bonds. The first-order valence-corrected chi connectivity index (χ1v) is 3.64. The molecule has 1 spiro atoms. The van der Waals surface area contributed by atoms with Gasteiger partial charge < -0.3 is 10.8 Å². The van der Waals surface area contributed by atoms with Crippen LogP contribution in [0, 0.1) is 5.41 Å². The highest BCUT2D eigenvalue weighted by molar-refractivity contribution is 5.04. The van der Waals surface area contributed by atoms with Crippen molar-refractivity contribution in [2.45, 2.75) is 37.8 Å². The summed E-state index contributed by atoms with van der Waals surface area (Å²) in [5, 5.41) is 8.99. The van der Waals surface area contributed by atoms with Gasteiger partial charge in [0.25, 0.3) is 0 Å². The fourth-order valence-electron chi connectivity index (χ4n) is 2.33. The standard InChI is InChI=1S/C7H13NO/c8-5-1-7(2-5)3-6(9)4-7/h5-6,9H,1-4,8H2. The van der Waals surface area contributed by atoms with Crippen LogP contribution in [-0.4, -0.2) is 17.3 Å². The van der Waals surface area contributed by atoms with Crippen molar-refractivity contribution in [3.63, 3.8) is 0 Å². The van der Waals surface area contributed by atoms with Crippen LogP contribution in [0.1, 0.15) is 25.7 Å². The van der Waals surface area contributed by atoms with Crippen molar-refractivity contribution in [2.75, 3.05) is 0 Å². The van der Waals surface area contributed by atoms with Crippen molar-refractivity contribution in [2.24, 2.45) is 11.1 Å². The predicted octanol–water partition coefficient (Wildman–Crippen LogP) is 0.249. The molecule has 0 atom stereocenters. The summed E-state index contributed by atoms with van der Waals surface area (Å²) in [6.07, 6.45) is 4.34. The van der Waals surface area contributed by atoms with E-state index in [4.69, 9.17) is 10.8 Å². The summed E-state index contributed by atoms with van der Waals surface area (Å²) in [6.45, 7) is 0. The first kappa shape index (κ1) is 5.69. The van der Waals surface area contributed by atoms with Crippen molar-refractivity contribution < 1.29 is 5.11 Å². The molecule has 0 saturated heterocycles. The number of nitrogens with two attached hydrogens (primary N) is 1. The summed E-state index contributed by atoms with van der Waals surface area (Å²) < 4.78 is 0. The molecule has 0 radical (unpaired) electrons. The van der Waals surface area contributed by atoms with Gasteiger partial charge >= 0.3 is 0 Å². The Labute approximate surface area is 55.1 Å². The molecular weight excluding hydrogens is 114 g/mol. The van der Waals surface area contributed by atoms with E-state index < -0.39 is 0 Å². The molecule has 2 fully saturated rings. The molecule has 0 aromatic carbocycles. The third-order valence-corrected chi connectivity index (χ3v) is 2.73. The Morgan fingerprint density at radius 3 is 2.11 bits per heavy atom. The maximum Gasteiger partial charge on any atom is 0.0550 e. The van der Waals surface area contributed by atoms with Gasteiger partial charge in [-0.25, -0.2) is 0 Å². The maximum absolute atomic E-state index is 8.99. The van der Waals surface area contributed by atoms with Gasteiger partial charge in [-0.1, -0.05) is 0 Å². The smallest absolute Gasteiger partial charge is 0.0550 e. The van der Waals surface area contributed by atoms with Crippen LogP contribution in [0.4, 0.5) is 0 Å². The highest BCUT2D eigenvalue weighted by Gasteiger charge is 2.51. The summed E-state index contributed by atoms with van der Waals surface area (Å²) >= 11 is 0. The van der Waals surface area contributed by atoms with E-state index in [0.717, 1.165) is 25.7 Å². The van der Waals surface area contributed by atoms with Gasteiger partial charge in [-0.3, -0.25) is 0 Å². The second-order valence-corrected chi connectivity index (χ2v) is 3.73. The average molecular weight is 127 g/mol.